The van der Waals surface area contributed by atoms with Gasteiger partial charge in [-0.3, -0.25) is 5.43 Å². The minimum absolute atomic E-state index is 0.0737. The zero-order valence-corrected chi connectivity index (χ0v) is 19.0. The number of hydrogen-bond acceptors (Lipinski definition) is 5. The summed E-state index contributed by atoms with van der Waals surface area (Å²) in [5.74, 6) is -0.820. The molecule has 3 rings (SSSR count). The third kappa shape index (κ3) is 5.68. The minimum atomic E-state index is -0.989. The van der Waals surface area contributed by atoms with E-state index in [0.717, 1.165) is 10.4 Å². The highest BCUT2D eigenvalue weighted by Crippen LogP contribution is 2.38. The highest BCUT2D eigenvalue weighted by atomic mass is 32.1. The number of aromatic carboxylic acids is 1. The molecule has 0 bridgehead atoms. The van der Waals surface area contributed by atoms with Crippen LogP contribution in [0.15, 0.2) is 59.0 Å². The molecule has 6 nitrogen and oxygen atoms in total. The number of hydrogen-bond donors (Lipinski definition) is 4. The Kier molecular flexibility index (Phi) is 6.72. The number of aromatic hydroxyl groups is 1. The molecular weight excluding hydrogens is 430 g/mol. The molecular formula is C23H23N3O3S2. The smallest absolute Gasteiger partial charge is 0.335 e. The Morgan fingerprint density at radius 3 is 2.32 bits per heavy atom. The summed E-state index contributed by atoms with van der Waals surface area (Å²) < 4.78 is 0. The number of thiophene rings is 1. The lowest BCUT2D eigenvalue weighted by atomic mass is 9.86. The topological polar surface area (TPSA) is 94.0 Å². The van der Waals surface area contributed by atoms with Crippen LogP contribution in [-0.2, 0) is 5.41 Å². The monoisotopic (exact) mass is 453 g/mol. The summed E-state index contributed by atoms with van der Waals surface area (Å²) in [5.41, 5.74) is 6.35. The van der Waals surface area contributed by atoms with Gasteiger partial charge in [0.1, 0.15) is 5.75 Å². The van der Waals surface area contributed by atoms with Crippen LogP contribution in [0.5, 0.6) is 5.75 Å². The van der Waals surface area contributed by atoms with Crippen LogP contribution < -0.4 is 10.7 Å². The van der Waals surface area contributed by atoms with Crippen LogP contribution in [0.3, 0.4) is 0 Å². The van der Waals surface area contributed by atoms with Gasteiger partial charge in [-0.05, 0) is 53.0 Å². The van der Waals surface area contributed by atoms with Gasteiger partial charge in [-0.15, -0.1) is 11.3 Å². The van der Waals surface area contributed by atoms with Crippen LogP contribution in [0.25, 0.3) is 10.4 Å². The van der Waals surface area contributed by atoms with E-state index in [0.29, 0.717) is 11.3 Å². The molecule has 4 N–H and O–H groups in total. The van der Waals surface area contributed by atoms with Gasteiger partial charge in [0.15, 0.2) is 5.11 Å². The number of carboxylic acid groups (broad SMARTS) is 1. The Labute approximate surface area is 190 Å². The van der Waals surface area contributed by atoms with Crippen molar-refractivity contribution < 1.29 is 15.0 Å². The highest BCUT2D eigenvalue weighted by molar-refractivity contribution is 7.80. The Bertz CT molecular complexity index is 1110. The highest BCUT2D eigenvalue weighted by Gasteiger charge is 2.15. The summed E-state index contributed by atoms with van der Waals surface area (Å²) in [7, 11) is 0. The Morgan fingerprint density at radius 1 is 1.10 bits per heavy atom. The van der Waals surface area contributed by atoms with Crippen LogP contribution >= 0.6 is 23.6 Å². The van der Waals surface area contributed by atoms with E-state index < -0.39 is 5.97 Å². The molecule has 0 atom stereocenters. The molecule has 8 heteroatoms. The van der Waals surface area contributed by atoms with Crippen molar-refractivity contribution >= 4 is 46.5 Å². The van der Waals surface area contributed by atoms with Crippen molar-refractivity contribution in [3.63, 3.8) is 0 Å². The largest absolute Gasteiger partial charge is 0.506 e. The maximum absolute atomic E-state index is 10.9. The lowest BCUT2D eigenvalue weighted by Gasteiger charge is -2.19. The summed E-state index contributed by atoms with van der Waals surface area (Å²) in [4.78, 5) is 11.7. The number of hydrazone groups is 1. The Balaban J connectivity index is 1.62. The molecule has 0 aliphatic carbocycles. The van der Waals surface area contributed by atoms with Crippen LogP contribution in [0.2, 0.25) is 0 Å². The quantitative estimate of drug-likeness (QED) is 0.234. The van der Waals surface area contributed by atoms with Gasteiger partial charge in [0.2, 0.25) is 0 Å². The van der Waals surface area contributed by atoms with Gasteiger partial charge < -0.3 is 15.5 Å². The first-order chi connectivity index (χ1) is 14.6. The van der Waals surface area contributed by atoms with Crippen molar-refractivity contribution in [2.45, 2.75) is 26.2 Å². The standard InChI is InChI=1S/C23H23N3O3S2/c1-23(2,3)17-8-4-14(5-9-17)20-19(27)16(13-31-20)12-24-26-22(30)25-18-10-6-15(7-11-18)21(28)29/h4-13,27H,1-3H3,(H,28,29)(H2,25,26,30)/b24-12+. The SMILES string of the molecule is CC(C)(C)c1ccc(-c2scc(/C=N/NC(=S)Nc3ccc(C(=O)O)cc3)c2O)cc1. The van der Waals surface area contributed by atoms with Crippen molar-refractivity contribution in [2.75, 3.05) is 5.32 Å². The van der Waals surface area contributed by atoms with E-state index in [1.54, 1.807) is 12.1 Å². The van der Waals surface area contributed by atoms with Crippen molar-refractivity contribution in [3.05, 3.63) is 70.6 Å². The lowest BCUT2D eigenvalue weighted by molar-refractivity contribution is 0.0697. The van der Waals surface area contributed by atoms with Gasteiger partial charge in [0.05, 0.1) is 16.7 Å². The van der Waals surface area contributed by atoms with Crippen molar-refractivity contribution in [1.82, 2.24) is 5.43 Å². The van der Waals surface area contributed by atoms with Gasteiger partial charge in [-0.2, -0.15) is 5.10 Å². The summed E-state index contributed by atoms with van der Waals surface area (Å²) in [5, 5.41) is 28.6. The van der Waals surface area contributed by atoms with E-state index in [2.05, 4.69) is 48.7 Å². The van der Waals surface area contributed by atoms with Gasteiger partial charge in [-0.25, -0.2) is 4.79 Å². The van der Waals surface area contributed by atoms with Gasteiger partial charge in [-0.1, -0.05) is 45.0 Å². The predicted octanol–water partition coefficient (Wildman–Crippen LogP) is 5.44. The van der Waals surface area contributed by atoms with Crippen LogP contribution in [0.4, 0.5) is 5.69 Å². The second kappa shape index (κ2) is 9.28. The first-order valence-electron chi connectivity index (χ1n) is 9.50. The number of nitrogens with one attached hydrogen (secondary N) is 2. The van der Waals surface area contributed by atoms with E-state index in [4.69, 9.17) is 17.3 Å². The van der Waals surface area contributed by atoms with Gasteiger partial charge in [0.25, 0.3) is 0 Å². The van der Waals surface area contributed by atoms with Crippen molar-refractivity contribution in [3.8, 4) is 16.2 Å². The third-order valence-electron chi connectivity index (χ3n) is 4.56. The average Bonchev–Trinajstić information content (AvgIpc) is 3.08. The fourth-order valence-electron chi connectivity index (χ4n) is 2.80. The molecule has 0 amide bonds. The summed E-state index contributed by atoms with van der Waals surface area (Å²) in [6.45, 7) is 6.49. The molecule has 0 fully saturated rings. The molecule has 3 aromatic rings. The van der Waals surface area contributed by atoms with Crippen LogP contribution in [0, 0.1) is 0 Å². The zero-order valence-electron chi connectivity index (χ0n) is 17.3. The molecule has 2 aromatic carbocycles. The molecule has 31 heavy (non-hydrogen) atoms. The molecule has 0 aliphatic rings. The number of nitrogens with zero attached hydrogens (tertiary/aromatic N) is 1. The fraction of sp³-hybridized carbons (Fsp3) is 0.174. The van der Waals surface area contributed by atoms with E-state index in [1.165, 1.54) is 35.2 Å². The third-order valence-corrected chi connectivity index (χ3v) is 5.79. The van der Waals surface area contributed by atoms with Crippen molar-refractivity contribution in [2.24, 2.45) is 5.10 Å². The number of carboxylic acids is 1. The van der Waals surface area contributed by atoms with Gasteiger partial charge in [0, 0.05) is 16.6 Å². The molecule has 0 saturated heterocycles. The number of benzene rings is 2. The summed E-state index contributed by atoms with van der Waals surface area (Å²) in [6, 6.07) is 14.4. The number of rotatable bonds is 5. The van der Waals surface area contributed by atoms with Gasteiger partial charge >= 0.3 is 5.97 Å². The summed E-state index contributed by atoms with van der Waals surface area (Å²) >= 11 is 6.62. The number of carbonyl (C=O) groups is 1. The average molecular weight is 454 g/mol. The number of anilines is 1. The molecule has 1 aromatic heterocycles. The first kappa shape index (κ1) is 22.5. The molecule has 0 unspecified atom stereocenters. The zero-order chi connectivity index (χ0) is 22.6. The maximum atomic E-state index is 10.9. The molecule has 160 valence electrons. The lowest BCUT2D eigenvalue weighted by Crippen LogP contribution is -2.23. The number of thiocarbonyl (C=S) groups is 1. The molecule has 0 spiro atoms. The second-order valence-corrected chi connectivity index (χ2v) is 9.19. The summed E-state index contributed by atoms with van der Waals surface area (Å²) in [6.07, 6.45) is 1.50. The van der Waals surface area contributed by atoms with E-state index in [-0.39, 0.29) is 21.8 Å². The second-order valence-electron chi connectivity index (χ2n) is 7.90. The van der Waals surface area contributed by atoms with E-state index in [9.17, 15) is 9.90 Å². The first-order valence-corrected chi connectivity index (χ1v) is 10.8. The molecule has 1 heterocycles. The fourth-order valence-corrected chi connectivity index (χ4v) is 3.89. The van der Waals surface area contributed by atoms with E-state index >= 15 is 0 Å². The van der Waals surface area contributed by atoms with Crippen molar-refractivity contribution in [1.29, 1.82) is 0 Å². The normalized spacial score (nSPS) is 11.5. The predicted molar refractivity (Wildman–Crippen MR) is 130 cm³/mol. The van der Waals surface area contributed by atoms with Crippen LogP contribution in [-0.4, -0.2) is 27.5 Å². The molecule has 0 aliphatic heterocycles. The maximum Gasteiger partial charge on any atom is 0.335 e. The van der Waals surface area contributed by atoms with E-state index in [1.807, 2.05) is 17.5 Å². The Hall–Kier alpha value is -3.23. The minimum Gasteiger partial charge on any atom is -0.506 e. The molecule has 0 radical (unpaired) electrons. The molecule has 0 saturated carbocycles. The Morgan fingerprint density at radius 2 is 1.74 bits per heavy atom. The van der Waals surface area contributed by atoms with Crippen LogP contribution in [0.1, 0.15) is 42.3 Å².